The molecule has 0 saturated carbocycles. The summed E-state index contributed by atoms with van der Waals surface area (Å²) in [6.07, 6.45) is 5.88. The fourth-order valence-corrected chi connectivity index (χ4v) is 4.11. The molecule has 144 valence electrons. The van der Waals surface area contributed by atoms with Crippen LogP contribution in [0.4, 0.5) is 0 Å². The first-order valence-corrected chi connectivity index (χ1v) is 10.1. The summed E-state index contributed by atoms with van der Waals surface area (Å²) in [6, 6.07) is 20.4. The lowest BCUT2D eigenvalue weighted by Crippen LogP contribution is -2.40. The van der Waals surface area contributed by atoms with E-state index >= 15 is 0 Å². The molecule has 0 unspecified atom stereocenters. The molecule has 2 aromatic rings. The highest BCUT2D eigenvalue weighted by Gasteiger charge is 2.45. The van der Waals surface area contributed by atoms with Crippen molar-refractivity contribution in [2.45, 2.75) is 44.7 Å². The molecule has 0 aliphatic carbocycles. The SMILES string of the molecule is CCCC/C=C1/[C@H](c2ccccc2)N(C)C2=N[C@@H](c3ccccc3)CC(=O)N21. The molecule has 28 heavy (non-hydrogen) atoms. The van der Waals surface area contributed by atoms with Gasteiger partial charge in [0, 0.05) is 7.05 Å². The number of unbranched alkanes of at least 4 members (excludes halogenated alkanes) is 2. The van der Waals surface area contributed by atoms with Crippen molar-refractivity contribution in [3.05, 3.63) is 83.6 Å². The number of fused-ring (bicyclic) bond motifs is 1. The summed E-state index contributed by atoms with van der Waals surface area (Å²) in [4.78, 5) is 22.2. The molecule has 0 bridgehead atoms. The van der Waals surface area contributed by atoms with E-state index in [9.17, 15) is 4.79 Å². The van der Waals surface area contributed by atoms with Crippen LogP contribution in [0.15, 0.2) is 77.4 Å². The molecule has 0 N–H and O–H groups in total. The third-order valence-electron chi connectivity index (χ3n) is 5.54. The molecule has 1 saturated heterocycles. The Balaban J connectivity index is 1.76. The minimum absolute atomic E-state index is 0.0234. The molecule has 4 nitrogen and oxygen atoms in total. The third-order valence-corrected chi connectivity index (χ3v) is 5.54. The fourth-order valence-electron chi connectivity index (χ4n) is 4.11. The molecular formula is C24H27N3O. The summed E-state index contributed by atoms with van der Waals surface area (Å²) >= 11 is 0. The lowest BCUT2D eigenvalue weighted by molar-refractivity contribution is -0.126. The normalized spacial score (nSPS) is 23.1. The van der Waals surface area contributed by atoms with Crippen LogP contribution < -0.4 is 0 Å². The Bertz CT molecular complexity index is 889. The number of carbonyl (C=O) groups is 1. The Hall–Kier alpha value is -2.88. The van der Waals surface area contributed by atoms with Crippen LogP contribution in [0.2, 0.25) is 0 Å². The van der Waals surface area contributed by atoms with Crippen LogP contribution in [0.25, 0.3) is 0 Å². The summed E-state index contributed by atoms with van der Waals surface area (Å²) in [7, 11) is 2.05. The van der Waals surface area contributed by atoms with Crippen molar-refractivity contribution in [1.82, 2.24) is 9.80 Å². The Morgan fingerprint density at radius 3 is 2.32 bits per heavy atom. The molecule has 0 aromatic heterocycles. The van der Waals surface area contributed by atoms with E-state index in [2.05, 4.69) is 54.3 Å². The number of aliphatic imine (C=N–C) groups is 1. The minimum atomic E-state index is -0.117. The van der Waals surface area contributed by atoms with Gasteiger partial charge in [-0.15, -0.1) is 0 Å². The first-order valence-electron chi connectivity index (χ1n) is 10.1. The number of nitrogens with zero attached hydrogens (tertiary/aromatic N) is 3. The molecule has 0 radical (unpaired) electrons. The van der Waals surface area contributed by atoms with Crippen LogP contribution in [-0.4, -0.2) is 28.7 Å². The second-order valence-electron chi connectivity index (χ2n) is 7.48. The van der Waals surface area contributed by atoms with Crippen LogP contribution in [0, 0.1) is 0 Å². The van der Waals surface area contributed by atoms with E-state index < -0.39 is 0 Å². The Labute approximate surface area is 167 Å². The number of rotatable bonds is 5. The van der Waals surface area contributed by atoms with Crippen molar-refractivity contribution < 1.29 is 4.79 Å². The number of allylic oxidation sites excluding steroid dienone is 1. The standard InChI is InChI=1S/C24H27N3O/c1-3-4-7-16-21-23(19-14-10-6-11-15-19)26(2)24-25-20(17-22(28)27(21)24)18-12-8-5-9-13-18/h5-6,8-16,20,23H,3-4,7,17H2,1-2H3/b21-16-/t20-,23+/m1/s1. The molecule has 1 amide bonds. The van der Waals surface area contributed by atoms with Gasteiger partial charge in [-0.2, -0.15) is 0 Å². The molecule has 2 aliphatic heterocycles. The van der Waals surface area contributed by atoms with Crippen molar-refractivity contribution in [3.8, 4) is 0 Å². The number of hydrogen-bond donors (Lipinski definition) is 0. The van der Waals surface area contributed by atoms with Gasteiger partial charge in [0.05, 0.1) is 24.2 Å². The van der Waals surface area contributed by atoms with Crippen molar-refractivity contribution in [2.24, 2.45) is 4.99 Å². The average molecular weight is 374 g/mol. The van der Waals surface area contributed by atoms with Gasteiger partial charge >= 0.3 is 0 Å². The van der Waals surface area contributed by atoms with Crippen molar-refractivity contribution in [1.29, 1.82) is 0 Å². The van der Waals surface area contributed by atoms with Gasteiger partial charge in [-0.1, -0.05) is 86.5 Å². The Kier molecular flexibility index (Phi) is 5.29. The second-order valence-corrected chi connectivity index (χ2v) is 7.48. The van der Waals surface area contributed by atoms with Gasteiger partial charge in [-0.05, 0) is 17.5 Å². The smallest absolute Gasteiger partial charge is 0.236 e. The van der Waals surface area contributed by atoms with E-state index in [-0.39, 0.29) is 18.0 Å². The van der Waals surface area contributed by atoms with Crippen molar-refractivity contribution >= 4 is 11.9 Å². The number of carbonyl (C=O) groups excluding carboxylic acids is 1. The quantitative estimate of drug-likeness (QED) is 0.686. The lowest BCUT2D eigenvalue weighted by Gasteiger charge is -2.27. The maximum absolute atomic E-state index is 13.2. The van der Waals surface area contributed by atoms with Gasteiger partial charge in [0.1, 0.15) is 0 Å². The zero-order valence-corrected chi connectivity index (χ0v) is 16.6. The highest BCUT2D eigenvalue weighted by molar-refractivity contribution is 6.03. The summed E-state index contributed by atoms with van der Waals surface area (Å²) in [5.41, 5.74) is 3.34. The van der Waals surface area contributed by atoms with Gasteiger partial charge in [-0.25, -0.2) is 4.99 Å². The van der Waals surface area contributed by atoms with E-state index in [1.807, 2.05) is 36.2 Å². The molecule has 4 rings (SSSR count). The van der Waals surface area contributed by atoms with Crippen LogP contribution >= 0.6 is 0 Å². The van der Waals surface area contributed by atoms with Crippen LogP contribution in [0.3, 0.4) is 0 Å². The number of amides is 1. The predicted molar refractivity (Wildman–Crippen MR) is 113 cm³/mol. The van der Waals surface area contributed by atoms with Gasteiger partial charge in [-0.3, -0.25) is 9.69 Å². The van der Waals surface area contributed by atoms with E-state index in [0.717, 1.165) is 36.5 Å². The Morgan fingerprint density at radius 2 is 1.68 bits per heavy atom. The summed E-state index contributed by atoms with van der Waals surface area (Å²) < 4.78 is 0. The molecule has 2 aliphatic rings. The van der Waals surface area contributed by atoms with E-state index in [0.29, 0.717) is 6.42 Å². The number of hydrogen-bond acceptors (Lipinski definition) is 3. The molecule has 2 heterocycles. The lowest BCUT2D eigenvalue weighted by atomic mass is 10.0. The van der Waals surface area contributed by atoms with Gasteiger partial charge in [0.15, 0.2) is 0 Å². The van der Waals surface area contributed by atoms with E-state index in [4.69, 9.17) is 4.99 Å². The summed E-state index contributed by atoms with van der Waals surface area (Å²) in [6.45, 7) is 2.19. The highest BCUT2D eigenvalue weighted by atomic mass is 16.2. The highest BCUT2D eigenvalue weighted by Crippen LogP contribution is 2.42. The molecule has 1 fully saturated rings. The number of guanidine groups is 1. The first-order chi connectivity index (χ1) is 13.7. The first kappa shape index (κ1) is 18.5. The van der Waals surface area contributed by atoms with Crippen LogP contribution in [0.5, 0.6) is 0 Å². The minimum Gasteiger partial charge on any atom is -0.333 e. The maximum Gasteiger partial charge on any atom is 0.236 e. The van der Waals surface area contributed by atoms with E-state index in [1.54, 1.807) is 0 Å². The molecule has 4 heteroatoms. The maximum atomic E-state index is 13.2. The summed E-state index contributed by atoms with van der Waals surface area (Å²) in [5, 5.41) is 0. The molecule has 0 spiro atoms. The topological polar surface area (TPSA) is 35.9 Å². The monoisotopic (exact) mass is 373 g/mol. The summed E-state index contributed by atoms with van der Waals surface area (Å²) in [5.74, 6) is 0.897. The molecular weight excluding hydrogens is 346 g/mol. The molecule has 2 aromatic carbocycles. The number of likely N-dealkylation sites (N-methyl/N-ethyl adjacent to an activating group) is 1. The average Bonchev–Trinajstić information content (AvgIpc) is 3.02. The third kappa shape index (κ3) is 3.35. The predicted octanol–water partition coefficient (Wildman–Crippen LogP) is 5.08. The second kappa shape index (κ2) is 8.01. The van der Waals surface area contributed by atoms with Crippen molar-refractivity contribution in [3.63, 3.8) is 0 Å². The van der Waals surface area contributed by atoms with Crippen molar-refractivity contribution in [2.75, 3.05) is 7.05 Å². The van der Waals surface area contributed by atoms with Crippen LogP contribution in [0.1, 0.15) is 55.8 Å². The van der Waals surface area contributed by atoms with Crippen LogP contribution in [-0.2, 0) is 4.79 Å². The fraction of sp³-hybridized carbons (Fsp3) is 0.333. The Morgan fingerprint density at radius 1 is 1.04 bits per heavy atom. The zero-order chi connectivity index (χ0) is 19.5. The largest absolute Gasteiger partial charge is 0.333 e. The van der Waals surface area contributed by atoms with Gasteiger partial charge in [0.2, 0.25) is 11.9 Å². The molecule has 2 atom stereocenters. The van der Waals surface area contributed by atoms with Gasteiger partial charge < -0.3 is 4.90 Å². The van der Waals surface area contributed by atoms with E-state index in [1.165, 1.54) is 5.56 Å². The van der Waals surface area contributed by atoms with Gasteiger partial charge in [0.25, 0.3) is 0 Å². The zero-order valence-electron chi connectivity index (χ0n) is 16.6. The number of benzene rings is 2.